The zero-order chi connectivity index (χ0) is 14.4. The smallest absolute Gasteiger partial charge is 0.229 e. The normalized spacial score (nSPS) is 11.3. The van der Waals surface area contributed by atoms with Crippen LogP contribution in [0.4, 0.5) is 4.39 Å². The summed E-state index contributed by atoms with van der Waals surface area (Å²) in [6.07, 6.45) is 0. The molecule has 4 aromatic rings. The van der Waals surface area contributed by atoms with Crippen molar-refractivity contribution in [2.45, 2.75) is 0 Å². The summed E-state index contributed by atoms with van der Waals surface area (Å²) in [6.45, 7) is 0. The maximum Gasteiger partial charge on any atom is 0.229 e. The van der Waals surface area contributed by atoms with Crippen LogP contribution in [-0.2, 0) is 0 Å². The number of carbonyl (C=O) groups excluding carboxylic acids is 1. The number of fused-ring (bicyclic) bond motifs is 2. The fraction of sp³-hybridized carbons (Fsp3) is 0. The number of thiophene rings is 1. The van der Waals surface area contributed by atoms with Crippen LogP contribution in [0.25, 0.3) is 21.1 Å². The highest BCUT2D eigenvalue weighted by Gasteiger charge is 2.19. The highest BCUT2D eigenvalue weighted by Crippen LogP contribution is 2.30. The van der Waals surface area contributed by atoms with Crippen LogP contribution in [0.1, 0.15) is 16.1 Å². The molecule has 0 fully saturated rings. The molecule has 4 heteroatoms. The van der Waals surface area contributed by atoms with Gasteiger partial charge in [-0.2, -0.15) is 0 Å². The van der Waals surface area contributed by atoms with Gasteiger partial charge in [0.1, 0.15) is 0 Å². The lowest BCUT2D eigenvalue weighted by Crippen LogP contribution is -1.97. The third-order valence-electron chi connectivity index (χ3n) is 3.45. The summed E-state index contributed by atoms with van der Waals surface area (Å²) in [6, 6.07) is 13.9. The minimum Gasteiger partial charge on any atom is -0.449 e. The molecule has 0 aliphatic rings. The number of carbonyl (C=O) groups is 1. The molecular formula is C17H9FO2S. The molecule has 2 aromatic carbocycles. The Hall–Kier alpha value is -2.46. The molecule has 0 aliphatic carbocycles. The van der Waals surface area contributed by atoms with Gasteiger partial charge in [0.15, 0.2) is 17.2 Å². The monoisotopic (exact) mass is 296 g/mol. The number of hydrogen-bond donors (Lipinski definition) is 0. The number of benzene rings is 2. The zero-order valence-corrected chi connectivity index (χ0v) is 11.6. The molecule has 0 unspecified atom stereocenters. The van der Waals surface area contributed by atoms with Gasteiger partial charge in [-0.05, 0) is 18.2 Å². The molecule has 0 bridgehead atoms. The van der Waals surface area contributed by atoms with Gasteiger partial charge in [0.2, 0.25) is 5.78 Å². The van der Waals surface area contributed by atoms with Gasteiger partial charge in [0.25, 0.3) is 0 Å². The Bertz CT molecular complexity index is 981. The molecular weight excluding hydrogens is 287 g/mol. The van der Waals surface area contributed by atoms with E-state index in [-0.39, 0.29) is 17.1 Å². The van der Waals surface area contributed by atoms with E-state index in [1.807, 2.05) is 29.6 Å². The SMILES string of the molecule is O=C(c1cc2cccc(F)c2o1)c1csc2ccccc12. The van der Waals surface area contributed by atoms with Gasteiger partial charge < -0.3 is 4.42 Å². The van der Waals surface area contributed by atoms with Gasteiger partial charge in [-0.25, -0.2) is 4.39 Å². The van der Waals surface area contributed by atoms with Crippen LogP contribution in [-0.4, -0.2) is 5.78 Å². The van der Waals surface area contributed by atoms with Crippen molar-refractivity contribution in [3.05, 3.63) is 71.1 Å². The van der Waals surface area contributed by atoms with Crippen molar-refractivity contribution >= 4 is 38.2 Å². The Balaban J connectivity index is 1.88. The van der Waals surface area contributed by atoms with Crippen molar-refractivity contribution in [3.63, 3.8) is 0 Å². The van der Waals surface area contributed by atoms with Crippen molar-refractivity contribution in [1.82, 2.24) is 0 Å². The van der Waals surface area contributed by atoms with E-state index in [4.69, 9.17) is 4.42 Å². The number of para-hydroxylation sites is 1. The summed E-state index contributed by atoms with van der Waals surface area (Å²) < 4.78 is 20.1. The minimum atomic E-state index is -0.457. The molecule has 2 heterocycles. The standard InChI is InChI=1S/C17H9FO2S/c18-13-6-3-4-10-8-14(20-17(10)13)16(19)12-9-21-15-7-2-1-5-11(12)15/h1-9H. The van der Waals surface area contributed by atoms with E-state index < -0.39 is 5.82 Å². The molecule has 102 valence electrons. The molecule has 0 saturated carbocycles. The first-order chi connectivity index (χ1) is 10.2. The van der Waals surface area contributed by atoms with E-state index in [9.17, 15) is 9.18 Å². The van der Waals surface area contributed by atoms with Crippen LogP contribution in [0.3, 0.4) is 0 Å². The minimum absolute atomic E-state index is 0.125. The Morgan fingerprint density at radius 2 is 1.95 bits per heavy atom. The molecule has 0 atom stereocenters. The van der Waals surface area contributed by atoms with Gasteiger partial charge in [-0.1, -0.05) is 30.3 Å². The molecule has 0 aliphatic heterocycles. The van der Waals surface area contributed by atoms with Crippen LogP contribution < -0.4 is 0 Å². The predicted molar refractivity (Wildman–Crippen MR) is 81.4 cm³/mol. The molecule has 0 N–H and O–H groups in total. The quantitative estimate of drug-likeness (QED) is 0.486. The largest absolute Gasteiger partial charge is 0.449 e. The van der Waals surface area contributed by atoms with Crippen molar-refractivity contribution in [2.75, 3.05) is 0 Å². The summed E-state index contributed by atoms with van der Waals surface area (Å²) in [5, 5.41) is 3.31. The highest BCUT2D eigenvalue weighted by molar-refractivity contribution is 7.17. The summed E-state index contributed by atoms with van der Waals surface area (Å²) in [4.78, 5) is 12.6. The molecule has 2 aromatic heterocycles. The summed E-state index contributed by atoms with van der Waals surface area (Å²) in [5.74, 6) is -0.511. The fourth-order valence-corrected chi connectivity index (χ4v) is 3.37. The first kappa shape index (κ1) is 12.3. The summed E-state index contributed by atoms with van der Waals surface area (Å²) >= 11 is 1.51. The van der Waals surface area contributed by atoms with Crippen LogP contribution in [0.15, 0.2) is 58.3 Å². The van der Waals surface area contributed by atoms with Gasteiger partial charge in [0.05, 0.1) is 0 Å². The van der Waals surface area contributed by atoms with Crippen LogP contribution >= 0.6 is 11.3 Å². The summed E-state index contributed by atoms with van der Waals surface area (Å²) in [5.41, 5.74) is 0.718. The van der Waals surface area contributed by atoms with Crippen molar-refractivity contribution in [3.8, 4) is 0 Å². The molecule has 0 radical (unpaired) electrons. The lowest BCUT2D eigenvalue weighted by atomic mass is 10.1. The molecule has 0 amide bonds. The number of hydrogen-bond acceptors (Lipinski definition) is 3. The maximum atomic E-state index is 13.7. The first-order valence-corrected chi connectivity index (χ1v) is 7.31. The Labute approximate surface area is 123 Å². The number of ketones is 1. The lowest BCUT2D eigenvalue weighted by molar-refractivity contribution is 0.101. The number of halogens is 1. The summed E-state index contributed by atoms with van der Waals surface area (Å²) in [7, 11) is 0. The van der Waals surface area contributed by atoms with Crippen LogP contribution in [0.5, 0.6) is 0 Å². The van der Waals surface area contributed by atoms with E-state index >= 15 is 0 Å². The first-order valence-electron chi connectivity index (χ1n) is 6.43. The van der Waals surface area contributed by atoms with Crippen molar-refractivity contribution in [2.24, 2.45) is 0 Å². The van der Waals surface area contributed by atoms with Gasteiger partial charge in [-0.3, -0.25) is 4.79 Å². The second-order valence-corrected chi connectivity index (χ2v) is 5.65. The Morgan fingerprint density at radius 3 is 2.81 bits per heavy atom. The van der Waals surface area contributed by atoms with Gasteiger partial charge in [0, 0.05) is 26.4 Å². The Morgan fingerprint density at radius 1 is 1.10 bits per heavy atom. The van der Waals surface area contributed by atoms with Crippen LogP contribution in [0, 0.1) is 5.82 Å². The molecule has 0 spiro atoms. The predicted octanol–water partition coefficient (Wildman–Crippen LogP) is 5.02. The van der Waals surface area contributed by atoms with E-state index in [1.54, 1.807) is 18.2 Å². The van der Waals surface area contributed by atoms with E-state index in [1.165, 1.54) is 17.4 Å². The molecule has 2 nitrogen and oxygen atoms in total. The number of furan rings is 1. The average Bonchev–Trinajstić information content (AvgIpc) is 3.11. The van der Waals surface area contributed by atoms with Crippen molar-refractivity contribution in [1.29, 1.82) is 0 Å². The van der Waals surface area contributed by atoms with E-state index in [0.29, 0.717) is 10.9 Å². The average molecular weight is 296 g/mol. The van der Waals surface area contributed by atoms with Gasteiger partial charge in [-0.15, -0.1) is 11.3 Å². The molecule has 21 heavy (non-hydrogen) atoms. The van der Waals surface area contributed by atoms with E-state index in [0.717, 1.165) is 10.1 Å². The highest BCUT2D eigenvalue weighted by atomic mass is 32.1. The van der Waals surface area contributed by atoms with Crippen LogP contribution in [0.2, 0.25) is 0 Å². The zero-order valence-electron chi connectivity index (χ0n) is 10.8. The number of rotatable bonds is 2. The second-order valence-electron chi connectivity index (χ2n) is 4.74. The molecule has 4 rings (SSSR count). The third-order valence-corrected chi connectivity index (χ3v) is 4.41. The lowest BCUT2D eigenvalue weighted by Gasteiger charge is -1.95. The fourth-order valence-electron chi connectivity index (χ4n) is 2.43. The molecule has 0 saturated heterocycles. The Kier molecular flexibility index (Phi) is 2.65. The van der Waals surface area contributed by atoms with Gasteiger partial charge >= 0.3 is 0 Å². The maximum absolute atomic E-state index is 13.7. The second kappa shape index (κ2) is 4.53. The van der Waals surface area contributed by atoms with E-state index in [2.05, 4.69) is 0 Å². The third kappa shape index (κ3) is 1.87. The topological polar surface area (TPSA) is 30.2 Å². The van der Waals surface area contributed by atoms with Crippen molar-refractivity contribution < 1.29 is 13.6 Å².